The average molecular weight is 466 g/mol. The highest BCUT2D eigenvalue weighted by atomic mass is 32.1. The molecule has 1 aliphatic heterocycles. The number of hydrogen-bond acceptors (Lipinski definition) is 7. The molecule has 4 N–H and O–H groups in total. The van der Waals surface area contributed by atoms with Crippen LogP contribution in [0.3, 0.4) is 0 Å². The van der Waals surface area contributed by atoms with E-state index < -0.39 is 5.60 Å². The molecule has 1 saturated heterocycles. The lowest BCUT2D eigenvalue weighted by molar-refractivity contribution is 0.0356. The van der Waals surface area contributed by atoms with Gasteiger partial charge in [-0.25, -0.2) is 9.97 Å². The second-order valence-electron chi connectivity index (χ2n) is 9.68. The van der Waals surface area contributed by atoms with Crippen LogP contribution in [0.5, 0.6) is 0 Å². The topological polar surface area (TPSA) is 104 Å². The number of nitrogen functional groups attached to an aromatic ring is 1. The molecule has 5 rings (SSSR count). The minimum absolute atomic E-state index is 0.0500. The summed E-state index contributed by atoms with van der Waals surface area (Å²) in [6.45, 7) is 7.43. The lowest BCUT2D eigenvalue weighted by atomic mass is 9.91. The summed E-state index contributed by atoms with van der Waals surface area (Å²) in [7, 11) is 0. The number of nitrogens with one attached hydrogen (secondary N) is 1. The van der Waals surface area contributed by atoms with Gasteiger partial charge in [-0.3, -0.25) is 4.79 Å². The fourth-order valence-corrected chi connectivity index (χ4v) is 6.24. The van der Waals surface area contributed by atoms with E-state index in [0.29, 0.717) is 17.1 Å². The molecule has 3 aromatic rings. The van der Waals surface area contributed by atoms with Gasteiger partial charge in [0, 0.05) is 41.8 Å². The number of carbonyl (C=O) groups excluding carboxylic acids is 1. The van der Waals surface area contributed by atoms with Gasteiger partial charge < -0.3 is 21.1 Å². The Balaban J connectivity index is 1.28. The maximum Gasteiger partial charge on any atom is 0.263 e. The number of thiophene rings is 1. The number of pyridine rings is 2. The summed E-state index contributed by atoms with van der Waals surface area (Å²) in [5, 5.41) is 14.7. The lowest BCUT2D eigenvalue weighted by Crippen LogP contribution is -2.39. The molecule has 0 saturated carbocycles. The Morgan fingerprint density at radius 2 is 2.15 bits per heavy atom. The third-order valence-corrected chi connectivity index (χ3v) is 8.29. The SMILES string of the molecule is CC[C@@H]1CN(c2ccc3c(n2)CC[C@H](NC(=O)c2sc4nc(C)ccc4c2N)C3)C[C@]1(C)O. The number of aliphatic hydroxyl groups is 1. The summed E-state index contributed by atoms with van der Waals surface area (Å²) >= 11 is 1.35. The summed E-state index contributed by atoms with van der Waals surface area (Å²) in [5.41, 5.74) is 9.28. The molecule has 174 valence electrons. The molecule has 1 aliphatic carbocycles. The summed E-state index contributed by atoms with van der Waals surface area (Å²) in [5.74, 6) is 1.07. The molecule has 33 heavy (non-hydrogen) atoms. The number of amides is 1. The number of aromatic nitrogens is 2. The Bertz CT molecular complexity index is 1220. The Hall–Kier alpha value is -2.71. The van der Waals surface area contributed by atoms with E-state index in [9.17, 15) is 9.90 Å². The van der Waals surface area contributed by atoms with Crippen molar-refractivity contribution in [3.8, 4) is 0 Å². The highest BCUT2D eigenvalue weighted by Crippen LogP contribution is 2.34. The van der Waals surface area contributed by atoms with Crippen molar-refractivity contribution >= 4 is 39.0 Å². The lowest BCUT2D eigenvalue weighted by Gasteiger charge is -2.27. The second-order valence-corrected chi connectivity index (χ2v) is 10.7. The van der Waals surface area contributed by atoms with Gasteiger partial charge in [-0.1, -0.05) is 13.0 Å². The van der Waals surface area contributed by atoms with E-state index in [1.165, 1.54) is 16.9 Å². The minimum atomic E-state index is -0.676. The number of β-amino-alcohol motifs (C(OH)–C–C–N with tert-alkyl or cyclic N) is 1. The molecule has 3 aromatic heterocycles. The number of nitrogens with zero attached hydrogens (tertiary/aromatic N) is 3. The fraction of sp³-hybridized carbons (Fsp3) is 0.480. The van der Waals surface area contributed by atoms with Crippen molar-refractivity contribution in [2.75, 3.05) is 23.7 Å². The molecule has 0 radical (unpaired) electrons. The molecular weight excluding hydrogens is 434 g/mol. The van der Waals surface area contributed by atoms with Crippen molar-refractivity contribution in [3.63, 3.8) is 0 Å². The first kappa shape index (κ1) is 22.1. The average Bonchev–Trinajstić information content (AvgIpc) is 3.28. The predicted molar refractivity (Wildman–Crippen MR) is 133 cm³/mol. The summed E-state index contributed by atoms with van der Waals surface area (Å²) in [6, 6.07) is 8.08. The highest BCUT2D eigenvalue weighted by Gasteiger charge is 2.41. The van der Waals surface area contributed by atoms with Crippen molar-refractivity contribution < 1.29 is 9.90 Å². The van der Waals surface area contributed by atoms with Crippen LogP contribution in [0, 0.1) is 12.8 Å². The molecule has 1 amide bonds. The monoisotopic (exact) mass is 465 g/mol. The van der Waals surface area contributed by atoms with Gasteiger partial charge in [0.2, 0.25) is 0 Å². The minimum Gasteiger partial charge on any atom is -0.397 e. The zero-order chi connectivity index (χ0) is 23.3. The molecule has 0 unspecified atom stereocenters. The van der Waals surface area contributed by atoms with Crippen LogP contribution in [0.1, 0.15) is 53.3 Å². The zero-order valence-corrected chi connectivity index (χ0v) is 20.2. The zero-order valence-electron chi connectivity index (χ0n) is 19.4. The fourth-order valence-electron chi connectivity index (χ4n) is 5.19. The van der Waals surface area contributed by atoms with Crippen LogP contribution in [-0.4, -0.2) is 45.7 Å². The van der Waals surface area contributed by atoms with E-state index >= 15 is 0 Å². The van der Waals surface area contributed by atoms with Crippen molar-refractivity contribution in [3.05, 3.63) is 46.1 Å². The number of carbonyl (C=O) groups is 1. The van der Waals surface area contributed by atoms with Crippen LogP contribution >= 0.6 is 11.3 Å². The molecule has 7 nitrogen and oxygen atoms in total. The maximum absolute atomic E-state index is 13.0. The molecule has 3 atom stereocenters. The number of rotatable bonds is 4. The van der Waals surface area contributed by atoms with E-state index in [2.05, 4.69) is 34.3 Å². The third-order valence-electron chi connectivity index (χ3n) is 7.17. The molecule has 0 spiro atoms. The Labute approximate surface area is 198 Å². The van der Waals surface area contributed by atoms with Crippen molar-refractivity contribution in [2.24, 2.45) is 5.92 Å². The predicted octanol–water partition coefficient (Wildman–Crippen LogP) is 3.47. The molecule has 0 bridgehead atoms. The van der Waals surface area contributed by atoms with Gasteiger partial charge in [0.15, 0.2) is 0 Å². The molecular formula is C25H31N5O2S. The first-order valence-electron chi connectivity index (χ1n) is 11.7. The van der Waals surface area contributed by atoms with Gasteiger partial charge in [-0.15, -0.1) is 11.3 Å². The maximum atomic E-state index is 13.0. The van der Waals surface area contributed by atoms with Gasteiger partial charge in [-0.2, -0.15) is 0 Å². The first-order chi connectivity index (χ1) is 15.7. The number of fused-ring (bicyclic) bond motifs is 2. The van der Waals surface area contributed by atoms with E-state index in [1.54, 1.807) is 0 Å². The van der Waals surface area contributed by atoms with Crippen LogP contribution in [-0.2, 0) is 12.8 Å². The Morgan fingerprint density at radius 1 is 1.33 bits per heavy atom. The van der Waals surface area contributed by atoms with Gasteiger partial charge in [0.25, 0.3) is 5.91 Å². The third kappa shape index (κ3) is 4.06. The van der Waals surface area contributed by atoms with Crippen LogP contribution in [0.25, 0.3) is 10.2 Å². The number of aryl methyl sites for hydroxylation is 2. The van der Waals surface area contributed by atoms with E-state index in [4.69, 9.17) is 10.7 Å². The van der Waals surface area contributed by atoms with Crippen LogP contribution < -0.4 is 16.0 Å². The number of hydrogen-bond donors (Lipinski definition) is 3. The van der Waals surface area contributed by atoms with E-state index in [0.717, 1.165) is 59.7 Å². The first-order valence-corrected chi connectivity index (χ1v) is 12.5. The summed E-state index contributed by atoms with van der Waals surface area (Å²) in [4.78, 5) is 26.0. The van der Waals surface area contributed by atoms with Crippen LogP contribution in [0.2, 0.25) is 0 Å². The molecule has 8 heteroatoms. The smallest absolute Gasteiger partial charge is 0.263 e. The van der Waals surface area contributed by atoms with Crippen molar-refractivity contribution in [2.45, 2.75) is 58.1 Å². The van der Waals surface area contributed by atoms with Crippen molar-refractivity contribution in [1.82, 2.24) is 15.3 Å². The standard InChI is InChI=1S/C25H31N5O2S/c1-4-16-12-30(13-25(16,3)32)20-10-6-15-11-17(7-9-19(15)29-20)28-23(31)22-21(26)18-8-5-14(2)27-24(18)33-22/h5-6,8,10,16-17,32H,4,7,9,11-13,26H2,1-3H3,(H,28,31)/t16-,17+,25+/m1/s1. The molecule has 2 aliphatic rings. The summed E-state index contributed by atoms with van der Waals surface area (Å²) in [6.07, 6.45) is 3.37. The van der Waals surface area contributed by atoms with Gasteiger partial charge in [0.05, 0.1) is 11.3 Å². The second kappa shape index (κ2) is 8.25. The number of anilines is 2. The van der Waals surface area contributed by atoms with Crippen LogP contribution in [0.15, 0.2) is 24.3 Å². The van der Waals surface area contributed by atoms with Gasteiger partial charge in [-0.05, 0) is 63.3 Å². The molecule has 0 aromatic carbocycles. The Morgan fingerprint density at radius 3 is 2.91 bits per heavy atom. The Kier molecular flexibility index (Phi) is 5.53. The summed E-state index contributed by atoms with van der Waals surface area (Å²) < 4.78 is 0. The molecule has 4 heterocycles. The van der Waals surface area contributed by atoms with Crippen molar-refractivity contribution in [1.29, 1.82) is 0 Å². The van der Waals surface area contributed by atoms with Crippen LogP contribution in [0.4, 0.5) is 11.5 Å². The van der Waals surface area contributed by atoms with Gasteiger partial charge >= 0.3 is 0 Å². The van der Waals surface area contributed by atoms with E-state index in [-0.39, 0.29) is 17.9 Å². The highest BCUT2D eigenvalue weighted by molar-refractivity contribution is 7.21. The number of nitrogens with two attached hydrogens (primary N) is 1. The largest absolute Gasteiger partial charge is 0.397 e. The van der Waals surface area contributed by atoms with E-state index in [1.807, 2.05) is 26.0 Å². The molecule has 1 fully saturated rings. The van der Waals surface area contributed by atoms with Gasteiger partial charge in [0.1, 0.15) is 15.5 Å². The quantitative estimate of drug-likeness (QED) is 0.545. The normalized spacial score (nSPS) is 24.8.